The SMILES string of the molecule is Cc1ccc(C(C)C)c(Oc2ccc(N3C[C@H](C(=O)OCC(=O)c4ccc(OC(=O)c5ccccc5)cc4)CC3=O)cc2)c1. The molecule has 5 rings (SSSR count). The standard InChI is InChI=1S/C36H33NO7/c1-23(2)31-18-9-24(3)19-33(31)43-29-16-12-28(13-17-29)37-21-27(20-34(37)39)35(40)42-22-32(38)25-10-14-30(15-11-25)44-36(41)26-7-5-4-6-8-26/h4-19,23,27H,20-22H2,1-3H3/t27-/m1/s1. The second kappa shape index (κ2) is 13.4. The topological polar surface area (TPSA) is 99.2 Å². The van der Waals surface area contributed by atoms with Crippen molar-refractivity contribution in [2.24, 2.45) is 5.92 Å². The summed E-state index contributed by atoms with van der Waals surface area (Å²) >= 11 is 0. The van der Waals surface area contributed by atoms with E-state index in [0.29, 0.717) is 28.5 Å². The average molecular weight is 592 g/mol. The predicted molar refractivity (Wildman–Crippen MR) is 165 cm³/mol. The highest BCUT2D eigenvalue weighted by Crippen LogP contribution is 2.33. The molecule has 0 radical (unpaired) electrons. The van der Waals surface area contributed by atoms with Gasteiger partial charge in [0.1, 0.15) is 17.2 Å². The molecule has 0 spiro atoms. The first-order valence-electron chi connectivity index (χ1n) is 14.4. The molecule has 1 amide bonds. The first kappa shape index (κ1) is 30.2. The molecule has 0 unspecified atom stereocenters. The summed E-state index contributed by atoms with van der Waals surface area (Å²) in [5.74, 6) is -0.391. The fourth-order valence-electron chi connectivity index (χ4n) is 4.93. The zero-order valence-corrected chi connectivity index (χ0v) is 24.8. The van der Waals surface area contributed by atoms with Gasteiger partial charge in [-0.15, -0.1) is 0 Å². The Hall–Kier alpha value is -5.24. The van der Waals surface area contributed by atoms with E-state index in [1.165, 1.54) is 24.3 Å². The Bertz CT molecular complexity index is 1660. The molecule has 1 aliphatic rings. The van der Waals surface area contributed by atoms with Gasteiger partial charge in [0.2, 0.25) is 5.91 Å². The molecule has 0 aromatic heterocycles. The van der Waals surface area contributed by atoms with E-state index in [1.807, 2.05) is 13.0 Å². The van der Waals surface area contributed by atoms with Gasteiger partial charge in [-0.2, -0.15) is 0 Å². The Morgan fingerprint density at radius 3 is 2.20 bits per heavy atom. The smallest absolute Gasteiger partial charge is 0.343 e. The first-order valence-corrected chi connectivity index (χ1v) is 14.4. The molecule has 1 saturated heterocycles. The minimum atomic E-state index is -0.688. The van der Waals surface area contributed by atoms with E-state index < -0.39 is 30.2 Å². The van der Waals surface area contributed by atoms with Gasteiger partial charge in [-0.05, 0) is 90.7 Å². The molecule has 4 aromatic rings. The maximum absolute atomic E-state index is 12.8. The quantitative estimate of drug-likeness (QED) is 0.112. The number of benzene rings is 4. The Morgan fingerprint density at radius 1 is 0.841 bits per heavy atom. The number of rotatable bonds is 10. The van der Waals surface area contributed by atoms with Crippen LogP contribution < -0.4 is 14.4 Å². The van der Waals surface area contributed by atoms with Gasteiger partial charge in [-0.1, -0.05) is 44.2 Å². The van der Waals surface area contributed by atoms with Crippen molar-refractivity contribution in [3.8, 4) is 17.2 Å². The average Bonchev–Trinajstić information content (AvgIpc) is 3.42. The van der Waals surface area contributed by atoms with Crippen LogP contribution in [0.1, 0.15) is 58.0 Å². The van der Waals surface area contributed by atoms with E-state index in [-0.39, 0.29) is 24.6 Å². The zero-order valence-electron chi connectivity index (χ0n) is 24.8. The molecule has 44 heavy (non-hydrogen) atoms. The van der Waals surface area contributed by atoms with Crippen LogP contribution in [0.3, 0.4) is 0 Å². The molecule has 1 heterocycles. The van der Waals surface area contributed by atoms with Crippen molar-refractivity contribution in [2.75, 3.05) is 18.1 Å². The minimum Gasteiger partial charge on any atom is -0.457 e. The normalized spacial score (nSPS) is 14.4. The van der Waals surface area contributed by atoms with Gasteiger partial charge >= 0.3 is 11.9 Å². The lowest BCUT2D eigenvalue weighted by Gasteiger charge is -2.18. The number of aryl methyl sites for hydroxylation is 1. The van der Waals surface area contributed by atoms with Crippen molar-refractivity contribution in [1.82, 2.24) is 0 Å². The minimum absolute atomic E-state index is 0.00616. The van der Waals surface area contributed by atoms with E-state index in [0.717, 1.165) is 16.9 Å². The molecular weight excluding hydrogens is 558 g/mol. The molecule has 8 heteroatoms. The first-order chi connectivity index (χ1) is 21.2. The van der Waals surface area contributed by atoms with E-state index in [1.54, 1.807) is 59.5 Å². The molecule has 8 nitrogen and oxygen atoms in total. The molecule has 1 fully saturated rings. The number of Topliss-reactive ketones (excluding diaryl/α,β-unsaturated/α-hetero) is 1. The highest BCUT2D eigenvalue weighted by Gasteiger charge is 2.36. The van der Waals surface area contributed by atoms with Crippen LogP contribution in [0.2, 0.25) is 0 Å². The van der Waals surface area contributed by atoms with Crippen LogP contribution in [-0.2, 0) is 14.3 Å². The van der Waals surface area contributed by atoms with Gasteiger partial charge in [-0.3, -0.25) is 14.4 Å². The number of anilines is 1. The maximum Gasteiger partial charge on any atom is 0.343 e. The third kappa shape index (κ3) is 7.21. The summed E-state index contributed by atoms with van der Waals surface area (Å²) in [5.41, 5.74) is 3.57. The zero-order chi connectivity index (χ0) is 31.2. The van der Waals surface area contributed by atoms with Gasteiger partial charge in [0.05, 0.1) is 11.5 Å². The number of nitrogens with zero attached hydrogens (tertiary/aromatic N) is 1. The summed E-state index contributed by atoms with van der Waals surface area (Å²) in [6.07, 6.45) is -0.00616. The van der Waals surface area contributed by atoms with Crippen LogP contribution in [0, 0.1) is 12.8 Å². The number of hydrogen-bond acceptors (Lipinski definition) is 7. The van der Waals surface area contributed by atoms with E-state index in [9.17, 15) is 19.2 Å². The third-order valence-electron chi connectivity index (χ3n) is 7.37. The number of amides is 1. The lowest BCUT2D eigenvalue weighted by atomic mass is 10.0. The van der Waals surface area contributed by atoms with Crippen LogP contribution in [0.15, 0.2) is 97.1 Å². The largest absolute Gasteiger partial charge is 0.457 e. The van der Waals surface area contributed by atoms with Crippen molar-refractivity contribution in [1.29, 1.82) is 0 Å². The maximum atomic E-state index is 12.8. The lowest BCUT2D eigenvalue weighted by molar-refractivity contribution is -0.147. The van der Waals surface area contributed by atoms with Crippen molar-refractivity contribution in [2.45, 2.75) is 33.1 Å². The fraction of sp³-hybridized carbons (Fsp3) is 0.222. The van der Waals surface area contributed by atoms with Crippen LogP contribution >= 0.6 is 0 Å². The third-order valence-corrected chi connectivity index (χ3v) is 7.37. The molecule has 0 N–H and O–H groups in total. The Kier molecular flexibility index (Phi) is 9.19. The van der Waals surface area contributed by atoms with Gasteiger partial charge in [0, 0.05) is 24.2 Å². The van der Waals surface area contributed by atoms with E-state index >= 15 is 0 Å². The van der Waals surface area contributed by atoms with Gasteiger partial charge in [0.25, 0.3) is 0 Å². The highest BCUT2D eigenvalue weighted by atomic mass is 16.5. The number of esters is 2. The fourth-order valence-corrected chi connectivity index (χ4v) is 4.93. The number of carbonyl (C=O) groups is 4. The number of ether oxygens (including phenoxy) is 3. The number of carbonyl (C=O) groups excluding carboxylic acids is 4. The van der Waals surface area contributed by atoms with Gasteiger partial charge in [0.15, 0.2) is 12.4 Å². The Labute approximate surface area is 256 Å². The van der Waals surface area contributed by atoms with Crippen molar-refractivity contribution in [3.63, 3.8) is 0 Å². The summed E-state index contributed by atoms with van der Waals surface area (Å²) in [5, 5.41) is 0. The number of hydrogen-bond donors (Lipinski definition) is 0. The van der Waals surface area contributed by atoms with E-state index in [2.05, 4.69) is 26.0 Å². The number of ketones is 1. The molecule has 0 aliphatic carbocycles. The summed E-state index contributed by atoms with van der Waals surface area (Å²) in [6.45, 7) is 5.93. The highest BCUT2D eigenvalue weighted by molar-refractivity contribution is 6.01. The van der Waals surface area contributed by atoms with Crippen LogP contribution in [0.4, 0.5) is 5.69 Å². The predicted octanol–water partition coefficient (Wildman–Crippen LogP) is 6.91. The lowest BCUT2D eigenvalue weighted by Crippen LogP contribution is -2.27. The molecular formula is C36H33NO7. The summed E-state index contributed by atoms with van der Waals surface area (Å²) < 4.78 is 16.8. The van der Waals surface area contributed by atoms with Crippen molar-refractivity contribution >= 4 is 29.3 Å². The van der Waals surface area contributed by atoms with Crippen LogP contribution in [0.5, 0.6) is 17.2 Å². The molecule has 1 atom stereocenters. The molecule has 4 aromatic carbocycles. The second-order valence-electron chi connectivity index (χ2n) is 11.0. The van der Waals surface area contributed by atoms with E-state index in [4.69, 9.17) is 14.2 Å². The van der Waals surface area contributed by atoms with Crippen molar-refractivity contribution < 1.29 is 33.4 Å². The Morgan fingerprint density at radius 2 is 1.52 bits per heavy atom. The molecule has 0 saturated carbocycles. The van der Waals surface area contributed by atoms with Crippen LogP contribution in [0.25, 0.3) is 0 Å². The Balaban J connectivity index is 1.13. The van der Waals surface area contributed by atoms with Crippen molar-refractivity contribution in [3.05, 3.63) is 119 Å². The molecule has 0 bridgehead atoms. The summed E-state index contributed by atoms with van der Waals surface area (Å²) in [6, 6.07) is 27.9. The molecule has 1 aliphatic heterocycles. The van der Waals surface area contributed by atoms with Gasteiger partial charge < -0.3 is 19.1 Å². The summed E-state index contributed by atoms with van der Waals surface area (Å²) in [4.78, 5) is 51.9. The second-order valence-corrected chi connectivity index (χ2v) is 11.0. The van der Waals surface area contributed by atoms with Crippen LogP contribution in [-0.4, -0.2) is 36.8 Å². The molecule has 224 valence electrons. The van der Waals surface area contributed by atoms with Gasteiger partial charge in [-0.25, -0.2) is 4.79 Å². The summed E-state index contributed by atoms with van der Waals surface area (Å²) in [7, 11) is 0. The monoisotopic (exact) mass is 591 g/mol.